The number of hydrogen-bond donors (Lipinski definition) is 3. The van der Waals surface area contributed by atoms with Crippen LogP contribution in [-0.4, -0.2) is 22.0 Å². The normalized spacial score (nSPS) is 11.4. The summed E-state index contributed by atoms with van der Waals surface area (Å²) in [4.78, 5) is 26.3. The molecule has 4 aromatic rings. The molecule has 0 unspecified atom stereocenters. The van der Waals surface area contributed by atoms with E-state index in [1.165, 1.54) is 29.5 Å². The van der Waals surface area contributed by atoms with Crippen LogP contribution >= 0.6 is 11.3 Å². The summed E-state index contributed by atoms with van der Waals surface area (Å²) < 4.78 is 13.9. The zero-order valence-electron chi connectivity index (χ0n) is 16.3. The minimum absolute atomic E-state index is 0.0774. The van der Waals surface area contributed by atoms with Crippen LogP contribution in [-0.2, 0) is 5.54 Å². The average molecular weight is 422 g/mol. The van der Waals surface area contributed by atoms with Crippen molar-refractivity contribution >= 4 is 39.2 Å². The highest BCUT2D eigenvalue weighted by Crippen LogP contribution is 2.30. The minimum Gasteiger partial charge on any atom is -0.342 e. The summed E-state index contributed by atoms with van der Waals surface area (Å²) >= 11 is 1.23. The number of nitrogens with zero attached hydrogens (tertiary/aromatic N) is 1. The molecule has 6 nitrogen and oxygen atoms in total. The Labute approximate surface area is 176 Å². The topological polar surface area (TPSA) is 86.9 Å². The van der Waals surface area contributed by atoms with Crippen LogP contribution in [0.5, 0.6) is 0 Å². The van der Waals surface area contributed by atoms with Crippen LogP contribution in [0.3, 0.4) is 0 Å². The summed E-state index contributed by atoms with van der Waals surface area (Å²) in [5.41, 5.74) is 0.349. The number of hydrogen-bond acceptors (Lipinski definition) is 4. The highest BCUT2D eigenvalue weighted by atomic mass is 32.1. The van der Waals surface area contributed by atoms with Gasteiger partial charge in [-0.25, -0.2) is 4.39 Å². The van der Waals surface area contributed by atoms with Crippen molar-refractivity contribution in [3.63, 3.8) is 0 Å². The van der Waals surface area contributed by atoms with Gasteiger partial charge in [-0.1, -0.05) is 42.5 Å². The number of aromatic nitrogens is 2. The molecule has 0 spiro atoms. The average Bonchev–Trinajstić information content (AvgIpc) is 3.31. The predicted molar refractivity (Wildman–Crippen MR) is 115 cm³/mol. The number of thiophene rings is 1. The largest absolute Gasteiger partial charge is 0.342 e. The van der Waals surface area contributed by atoms with Gasteiger partial charge in [0.15, 0.2) is 5.82 Å². The van der Waals surface area contributed by atoms with Crippen molar-refractivity contribution in [2.45, 2.75) is 19.4 Å². The molecular weight excluding hydrogens is 403 g/mol. The molecular formula is C22H19FN4O2S. The van der Waals surface area contributed by atoms with E-state index >= 15 is 0 Å². The van der Waals surface area contributed by atoms with Crippen LogP contribution < -0.4 is 10.6 Å². The first kappa shape index (κ1) is 19.8. The molecule has 2 aromatic heterocycles. The summed E-state index contributed by atoms with van der Waals surface area (Å²) in [5.74, 6) is -1.21. The SMILES string of the molecule is CC(C)(NC(=O)c1cc2c(NC(=O)c3ccccc3F)n[nH]c2s1)c1ccccc1. The van der Waals surface area contributed by atoms with E-state index in [4.69, 9.17) is 0 Å². The summed E-state index contributed by atoms with van der Waals surface area (Å²) in [6, 6.07) is 17.1. The molecule has 0 aliphatic carbocycles. The molecule has 0 bridgehead atoms. The number of rotatable bonds is 5. The lowest BCUT2D eigenvalue weighted by atomic mass is 9.94. The summed E-state index contributed by atoms with van der Waals surface area (Å²) in [6.45, 7) is 3.86. The summed E-state index contributed by atoms with van der Waals surface area (Å²) in [6.07, 6.45) is 0. The van der Waals surface area contributed by atoms with Gasteiger partial charge < -0.3 is 10.6 Å². The van der Waals surface area contributed by atoms with Crippen LogP contribution in [0.15, 0.2) is 60.7 Å². The molecule has 152 valence electrons. The van der Waals surface area contributed by atoms with E-state index < -0.39 is 17.3 Å². The number of carbonyl (C=O) groups is 2. The molecule has 0 saturated carbocycles. The van der Waals surface area contributed by atoms with Gasteiger partial charge >= 0.3 is 0 Å². The third kappa shape index (κ3) is 3.81. The highest BCUT2D eigenvalue weighted by molar-refractivity contribution is 7.20. The lowest BCUT2D eigenvalue weighted by molar-refractivity contribution is 0.0915. The monoisotopic (exact) mass is 422 g/mol. The van der Waals surface area contributed by atoms with Crippen molar-refractivity contribution in [3.05, 3.63) is 82.5 Å². The molecule has 8 heteroatoms. The van der Waals surface area contributed by atoms with E-state index in [0.717, 1.165) is 5.56 Å². The van der Waals surface area contributed by atoms with Crippen molar-refractivity contribution in [2.24, 2.45) is 0 Å². The molecule has 3 N–H and O–H groups in total. The van der Waals surface area contributed by atoms with Gasteiger partial charge in [-0.2, -0.15) is 5.10 Å². The Morgan fingerprint density at radius 2 is 1.73 bits per heavy atom. The molecule has 0 aliphatic rings. The van der Waals surface area contributed by atoms with Gasteiger partial charge in [0.05, 0.1) is 21.4 Å². The Morgan fingerprint density at radius 3 is 2.47 bits per heavy atom. The molecule has 0 aliphatic heterocycles. The zero-order chi connectivity index (χ0) is 21.3. The maximum Gasteiger partial charge on any atom is 0.262 e. The maximum atomic E-state index is 13.9. The predicted octanol–water partition coefficient (Wildman–Crippen LogP) is 4.68. The molecule has 0 radical (unpaired) electrons. The smallest absolute Gasteiger partial charge is 0.262 e. The number of fused-ring (bicyclic) bond motifs is 1. The second-order valence-corrected chi connectivity index (χ2v) is 8.36. The number of benzene rings is 2. The Balaban J connectivity index is 1.55. The summed E-state index contributed by atoms with van der Waals surface area (Å²) in [5, 5.41) is 13.1. The number of aromatic amines is 1. The van der Waals surface area contributed by atoms with Gasteiger partial charge in [0.1, 0.15) is 10.6 Å². The molecule has 2 heterocycles. The number of anilines is 1. The van der Waals surface area contributed by atoms with Gasteiger partial charge in [-0.3, -0.25) is 14.7 Å². The van der Waals surface area contributed by atoms with Gasteiger partial charge in [0, 0.05) is 0 Å². The maximum absolute atomic E-state index is 13.9. The Morgan fingerprint density at radius 1 is 1.03 bits per heavy atom. The lowest BCUT2D eigenvalue weighted by Crippen LogP contribution is -2.40. The van der Waals surface area contributed by atoms with Gasteiger partial charge in [-0.05, 0) is 37.6 Å². The van der Waals surface area contributed by atoms with Crippen LogP contribution in [0.1, 0.15) is 39.4 Å². The van der Waals surface area contributed by atoms with Crippen molar-refractivity contribution in [1.82, 2.24) is 15.5 Å². The lowest BCUT2D eigenvalue weighted by Gasteiger charge is -2.26. The molecule has 4 rings (SSSR count). The van der Waals surface area contributed by atoms with Crippen molar-refractivity contribution in [2.75, 3.05) is 5.32 Å². The first-order valence-electron chi connectivity index (χ1n) is 9.27. The quantitative estimate of drug-likeness (QED) is 0.436. The van der Waals surface area contributed by atoms with Crippen molar-refractivity contribution < 1.29 is 14.0 Å². The Bertz CT molecular complexity index is 1230. The second kappa shape index (κ2) is 7.72. The number of H-pyrrole nitrogens is 1. The fourth-order valence-corrected chi connectivity index (χ4v) is 4.01. The van der Waals surface area contributed by atoms with E-state index in [9.17, 15) is 14.0 Å². The zero-order valence-corrected chi connectivity index (χ0v) is 17.1. The first-order chi connectivity index (χ1) is 14.3. The van der Waals surface area contributed by atoms with E-state index in [1.54, 1.807) is 12.1 Å². The van der Waals surface area contributed by atoms with Gasteiger partial charge in [0.2, 0.25) is 0 Å². The second-order valence-electron chi connectivity index (χ2n) is 7.30. The third-order valence-corrected chi connectivity index (χ3v) is 5.79. The van der Waals surface area contributed by atoms with Gasteiger partial charge in [-0.15, -0.1) is 11.3 Å². The summed E-state index contributed by atoms with van der Waals surface area (Å²) in [7, 11) is 0. The number of nitrogens with one attached hydrogen (secondary N) is 3. The van der Waals surface area contributed by atoms with Gasteiger partial charge in [0.25, 0.3) is 11.8 Å². The molecule has 0 fully saturated rings. The number of carbonyl (C=O) groups excluding carboxylic acids is 2. The molecule has 0 saturated heterocycles. The molecule has 0 atom stereocenters. The van der Waals surface area contributed by atoms with Crippen molar-refractivity contribution in [3.8, 4) is 0 Å². The third-order valence-electron chi connectivity index (χ3n) is 4.75. The number of amides is 2. The fourth-order valence-electron chi connectivity index (χ4n) is 3.12. The van der Waals surface area contributed by atoms with Crippen LogP contribution in [0.25, 0.3) is 10.2 Å². The standard InChI is InChI=1S/C22H19FN4O2S/c1-22(2,13-8-4-3-5-9-13)25-20(29)17-12-15-18(26-27-21(15)30-17)24-19(28)14-10-6-7-11-16(14)23/h3-12H,1-2H3,(H,25,29)(H2,24,26,27,28). The Kier molecular flexibility index (Phi) is 5.09. The van der Waals surface area contributed by atoms with E-state index in [0.29, 0.717) is 15.1 Å². The van der Waals surface area contributed by atoms with E-state index in [-0.39, 0.29) is 17.3 Å². The van der Waals surface area contributed by atoms with Crippen molar-refractivity contribution in [1.29, 1.82) is 0 Å². The van der Waals surface area contributed by atoms with E-state index in [2.05, 4.69) is 20.8 Å². The molecule has 30 heavy (non-hydrogen) atoms. The van der Waals surface area contributed by atoms with Crippen LogP contribution in [0.2, 0.25) is 0 Å². The highest BCUT2D eigenvalue weighted by Gasteiger charge is 2.25. The fraction of sp³-hybridized carbons (Fsp3) is 0.136. The first-order valence-corrected chi connectivity index (χ1v) is 10.1. The minimum atomic E-state index is -0.615. The van der Waals surface area contributed by atoms with E-state index in [1.807, 2.05) is 44.2 Å². The van der Waals surface area contributed by atoms with Crippen LogP contribution in [0.4, 0.5) is 10.2 Å². The number of halogens is 1. The Hall–Kier alpha value is -3.52. The van der Waals surface area contributed by atoms with Crippen LogP contribution in [0, 0.1) is 5.82 Å². The molecule has 2 aromatic carbocycles. The molecule has 2 amide bonds.